The van der Waals surface area contributed by atoms with Gasteiger partial charge in [0, 0.05) is 35.9 Å². The summed E-state index contributed by atoms with van der Waals surface area (Å²) in [6.45, 7) is 5.72. The molecular formula is C17H17N5O. The number of nitrogens with zero attached hydrogens (tertiary/aromatic N) is 4. The van der Waals surface area contributed by atoms with Gasteiger partial charge in [0.15, 0.2) is 0 Å². The molecule has 0 atom stereocenters. The molecule has 1 N–H and O–H groups in total. The predicted molar refractivity (Wildman–Crippen MR) is 85.6 cm³/mol. The van der Waals surface area contributed by atoms with Gasteiger partial charge in [-0.2, -0.15) is 4.98 Å². The predicted octanol–water partition coefficient (Wildman–Crippen LogP) is 2.46. The lowest BCUT2D eigenvalue weighted by Gasteiger charge is -2.19. The van der Waals surface area contributed by atoms with E-state index in [1.165, 1.54) is 11.1 Å². The van der Waals surface area contributed by atoms with Crippen LogP contribution in [0.5, 0.6) is 0 Å². The van der Waals surface area contributed by atoms with Crippen LogP contribution < -0.4 is 5.32 Å². The van der Waals surface area contributed by atoms with Crippen molar-refractivity contribution in [3.63, 3.8) is 0 Å². The van der Waals surface area contributed by atoms with Gasteiger partial charge in [0.25, 0.3) is 5.89 Å². The van der Waals surface area contributed by atoms with Gasteiger partial charge in [-0.15, -0.1) is 0 Å². The summed E-state index contributed by atoms with van der Waals surface area (Å²) in [5, 5.41) is 7.54. The van der Waals surface area contributed by atoms with Crippen LogP contribution in [0.1, 0.15) is 22.5 Å². The molecule has 23 heavy (non-hydrogen) atoms. The molecule has 1 aliphatic heterocycles. The number of aromatic nitrogens is 4. The normalized spacial score (nSPS) is 13.8. The average molecular weight is 307 g/mol. The average Bonchev–Trinajstić information content (AvgIpc) is 3.05. The van der Waals surface area contributed by atoms with Crippen molar-refractivity contribution in [3.8, 4) is 22.8 Å². The molecule has 0 spiro atoms. The van der Waals surface area contributed by atoms with E-state index in [-0.39, 0.29) is 0 Å². The molecule has 116 valence electrons. The molecule has 1 aliphatic rings. The molecule has 0 saturated heterocycles. The summed E-state index contributed by atoms with van der Waals surface area (Å²) in [5.74, 6) is 1.09. The Kier molecular flexibility index (Phi) is 3.38. The highest BCUT2D eigenvalue weighted by atomic mass is 16.5. The van der Waals surface area contributed by atoms with Crippen molar-refractivity contribution in [2.75, 3.05) is 6.54 Å². The van der Waals surface area contributed by atoms with E-state index < -0.39 is 0 Å². The summed E-state index contributed by atoms with van der Waals surface area (Å²) in [5.41, 5.74) is 6.19. The number of fused-ring (bicyclic) bond motifs is 1. The Hall–Kier alpha value is -2.60. The molecule has 0 fully saturated rings. The van der Waals surface area contributed by atoms with Crippen LogP contribution >= 0.6 is 0 Å². The van der Waals surface area contributed by atoms with Gasteiger partial charge in [-0.3, -0.25) is 9.97 Å². The van der Waals surface area contributed by atoms with Crippen molar-refractivity contribution in [3.05, 3.63) is 47.0 Å². The molecular weight excluding hydrogens is 290 g/mol. The van der Waals surface area contributed by atoms with E-state index in [1.807, 2.05) is 32.2 Å². The topological polar surface area (TPSA) is 76.7 Å². The molecule has 0 radical (unpaired) electrons. The first-order chi connectivity index (χ1) is 11.2. The van der Waals surface area contributed by atoms with Crippen molar-refractivity contribution in [2.45, 2.75) is 26.8 Å². The number of aryl methyl sites for hydroxylation is 2. The Morgan fingerprint density at radius 3 is 2.87 bits per heavy atom. The standard InChI is InChI=1S/C17H17N5O/c1-10-3-4-12(8-19-10)17-21-16(22-23-17)15-11(2)20-9-13-7-18-6-5-14(13)15/h3-4,8-9,18H,5-7H2,1-2H3. The first kappa shape index (κ1) is 14.0. The number of pyridine rings is 2. The molecule has 3 aromatic heterocycles. The molecule has 0 bridgehead atoms. The van der Waals surface area contributed by atoms with E-state index in [0.717, 1.165) is 42.0 Å². The maximum Gasteiger partial charge on any atom is 0.259 e. The van der Waals surface area contributed by atoms with Crippen molar-refractivity contribution < 1.29 is 4.52 Å². The minimum Gasteiger partial charge on any atom is -0.334 e. The van der Waals surface area contributed by atoms with Gasteiger partial charge in [-0.1, -0.05) is 5.16 Å². The summed E-state index contributed by atoms with van der Waals surface area (Å²) in [7, 11) is 0. The molecule has 4 heterocycles. The van der Waals surface area contributed by atoms with Crippen LogP contribution in [0.3, 0.4) is 0 Å². The Bertz CT molecular complexity index is 854. The summed E-state index contributed by atoms with van der Waals surface area (Å²) in [4.78, 5) is 13.3. The zero-order valence-electron chi connectivity index (χ0n) is 13.1. The summed E-state index contributed by atoms with van der Waals surface area (Å²) in [6.07, 6.45) is 4.64. The highest BCUT2D eigenvalue weighted by Gasteiger charge is 2.21. The van der Waals surface area contributed by atoms with Gasteiger partial charge in [0.05, 0.1) is 5.56 Å². The second-order valence-corrected chi connectivity index (χ2v) is 5.76. The third kappa shape index (κ3) is 2.51. The minimum atomic E-state index is 0.485. The van der Waals surface area contributed by atoms with Crippen molar-refractivity contribution in [1.29, 1.82) is 0 Å². The smallest absolute Gasteiger partial charge is 0.259 e. The van der Waals surface area contributed by atoms with E-state index in [9.17, 15) is 0 Å². The quantitative estimate of drug-likeness (QED) is 0.783. The lowest BCUT2D eigenvalue weighted by Crippen LogP contribution is -2.24. The van der Waals surface area contributed by atoms with Gasteiger partial charge in [0.1, 0.15) is 0 Å². The largest absolute Gasteiger partial charge is 0.334 e. The first-order valence-electron chi connectivity index (χ1n) is 7.67. The van der Waals surface area contributed by atoms with Gasteiger partial charge in [-0.25, -0.2) is 0 Å². The molecule has 0 aliphatic carbocycles. The van der Waals surface area contributed by atoms with Crippen LogP contribution in [-0.2, 0) is 13.0 Å². The highest BCUT2D eigenvalue weighted by molar-refractivity contribution is 5.66. The molecule has 6 heteroatoms. The Morgan fingerprint density at radius 1 is 1.13 bits per heavy atom. The van der Waals surface area contributed by atoms with Gasteiger partial charge in [0.2, 0.25) is 5.82 Å². The fourth-order valence-corrected chi connectivity index (χ4v) is 2.90. The van der Waals surface area contributed by atoms with E-state index in [1.54, 1.807) is 6.20 Å². The molecule has 3 aromatic rings. The van der Waals surface area contributed by atoms with Gasteiger partial charge >= 0.3 is 0 Å². The summed E-state index contributed by atoms with van der Waals surface area (Å²) in [6, 6.07) is 3.87. The van der Waals surface area contributed by atoms with E-state index >= 15 is 0 Å². The van der Waals surface area contributed by atoms with Crippen molar-refractivity contribution >= 4 is 0 Å². The number of nitrogens with one attached hydrogen (secondary N) is 1. The van der Waals surface area contributed by atoms with Gasteiger partial charge in [-0.05, 0) is 50.1 Å². The van der Waals surface area contributed by atoms with Crippen molar-refractivity contribution in [1.82, 2.24) is 25.4 Å². The summed E-state index contributed by atoms with van der Waals surface area (Å²) < 4.78 is 5.45. The molecule has 6 nitrogen and oxygen atoms in total. The number of hydrogen-bond acceptors (Lipinski definition) is 6. The second-order valence-electron chi connectivity index (χ2n) is 5.76. The minimum absolute atomic E-state index is 0.485. The van der Waals surface area contributed by atoms with Crippen molar-refractivity contribution in [2.24, 2.45) is 0 Å². The zero-order valence-corrected chi connectivity index (χ0v) is 13.1. The van der Waals surface area contributed by atoms with Crippen LogP contribution in [-0.4, -0.2) is 26.7 Å². The van der Waals surface area contributed by atoms with E-state index in [0.29, 0.717) is 11.7 Å². The fourth-order valence-electron chi connectivity index (χ4n) is 2.90. The third-order valence-corrected chi connectivity index (χ3v) is 4.14. The SMILES string of the molecule is Cc1ccc(-c2nc(-c3c(C)ncc4c3CCNC4)no2)cn1. The second kappa shape index (κ2) is 5.55. The Labute approximate surface area is 134 Å². The van der Waals surface area contributed by atoms with Crippen LogP contribution in [0, 0.1) is 13.8 Å². The van der Waals surface area contributed by atoms with E-state index in [4.69, 9.17) is 4.52 Å². The first-order valence-corrected chi connectivity index (χ1v) is 7.67. The fraction of sp³-hybridized carbons (Fsp3) is 0.294. The lowest BCUT2D eigenvalue weighted by atomic mass is 9.95. The van der Waals surface area contributed by atoms with Crippen LogP contribution in [0.25, 0.3) is 22.8 Å². The molecule has 0 unspecified atom stereocenters. The Morgan fingerprint density at radius 2 is 2.04 bits per heavy atom. The van der Waals surface area contributed by atoms with Crippen LogP contribution in [0.2, 0.25) is 0 Å². The maximum atomic E-state index is 5.45. The zero-order chi connectivity index (χ0) is 15.8. The molecule has 0 amide bonds. The lowest BCUT2D eigenvalue weighted by molar-refractivity contribution is 0.432. The Balaban J connectivity index is 1.79. The number of rotatable bonds is 2. The monoisotopic (exact) mass is 307 g/mol. The van der Waals surface area contributed by atoms with Crippen LogP contribution in [0.15, 0.2) is 29.0 Å². The van der Waals surface area contributed by atoms with E-state index in [2.05, 4.69) is 25.4 Å². The molecule has 0 saturated carbocycles. The highest BCUT2D eigenvalue weighted by Crippen LogP contribution is 2.30. The van der Waals surface area contributed by atoms with Gasteiger partial charge < -0.3 is 9.84 Å². The maximum absolute atomic E-state index is 5.45. The summed E-state index contributed by atoms with van der Waals surface area (Å²) >= 11 is 0. The third-order valence-electron chi connectivity index (χ3n) is 4.14. The number of hydrogen-bond donors (Lipinski definition) is 1. The molecule has 0 aromatic carbocycles. The molecule has 4 rings (SSSR count). The van der Waals surface area contributed by atoms with Crippen LogP contribution in [0.4, 0.5) is 0 Å².